The van der Waals surface area contributed by atoms with E-state index in [1.807, 2.05) is 42.6 Å². The van der Waals surface area contributed by atoms with Gasteiger partial charge in [0.15, 0.2) is 5.65 Å². The molecule has 2 N–H and O–H groups in total. The Kier molecular flexibility index (Phi) is 3.35. The van der Waals surface area contributed by atoms with Gasteiger partial charge in [-0.3, -0.25) is 4.98 Å². The first-order valence-electron chi connectivity index (χ1n) is 7.46. The smallest absolute Gasteiger partial charge is 0.200 e. The molecular formula is C18H15N5O. The number of pyridine rings is 2. The number of anilines is 1. The first-order valence-corrected chi connectivity index (χ1v) is 7.46. The first kappa shape index (κ1) is 14.2. The van der Waals surface area contributed by atoms with Crippen molar-refractivity contribution in [2.75, 3.05) is 12.8 Å². The van der Waals surface area contributed by atoms with Crippen LogP contribution in [0.1, 0.15) is 0 Å². The molecule has 6 heteroatoms. The lowest BCUT2D eigenvalue weighted by Crippen LogP contribution is -1.91. The molecular weight excluding hydrogens is 302 g/mol. The molecule has 6 nitrogen and oxygen atoms in total. The molecule has 0 unspecified atom stereocenters. The van der Waals surface area contributed by atoms with Gasteiger partial charge in [-0.25, -0.2) is 9.50 Å². The Bertz CT molecular complexity index is 1020. The van der Waals surface area contributed by atoms with E-state index in [1.54, 1.807) is 30.0 Å². The van der Waals surface area contributed by atoms with Crippen molar-refractivity contribution in [2.45, 2.75) is 0 Å². The average Bonchev–Trinajstić information content (AvgIpc) is 3.06. The number of hydrogen-bond donors (Lipinski definition) is 1. The summed E-state index contributed by atoms with van der Waals surface area (Å²) in [5.74, 6) is 1.34. The molecule has 1 aromatic carbocycles. The SMILES string of the molecule is COc1cccc(-c2cccn3nc(-c4cc(N)ccn4)nc23)c1. The van der Waals surface area contributed by atoms with Crippen molar-refractivity contribution in [2.24, 2.45) is 0 Å². The zero-order valence-corrected chi connectivity index (χ0v) is 13.0. The maximum Gasteiger partial charge on any atom is 0.200 e. The van der Waals surface area contributed by atoms with E-state index >= 15 is 0 Å². The monoisotopic (exact) mass is 317 g/mol. The van der Waals surface area contributed by atoms with Gasteiger partial charge in [0.25, 0.3) is 0 Å². The molecule has 0 amide bonds. The summed E-state index contributed by atoms with van der Waals surface area (Å²) in [7, 11) is 1.65. The van der Waals surface area contributed by atoms with Crippen LogP contribution >= 0.6 is 0 Å². The maximum atomic E-state index is 5.83. The molecule has 0 saturated carbocycles. The van der Waals surface area contributed by atoms with Crippen molar-refractivity contribution in [3.8, 4) is 28.4 Å². The second kappa shape index (κ2) is 5.66. The summed E-state index contributed by atoms with van der Waals surface area (Å²) >= 11 is 0. The van der Waals surface area contributed by atoms with Crippen LogP contribution in [0.2, 0.25) is 0 Å². The minimum atomic E-state index is 0.539. The summed E-state index contributed by atoms with van der Waals surface area (Å²) < 4.78 is 7.05. The molecule has 0 aliphatic rings. The fraction of sp³-hybridized carbons (Fsp3) is 0.0556. The molecule has 0 radical (unpaired) electrons. The van der Waals surface area contributed by atoms with E-state index in [4.69, 9.17) is 10.5 Å². The predicted molar refractivity (Wildman–Crippen MR) is 92.6 cm³/mol. The lowest BCUT2D eigenvalue weighted by Gasteiger charge is -2.05. The number of hydrogen-bond acceptors (Lipinski definition) is 5. The Morgan fingerprint density at radius 1 is 1.08 bits per heavy atom. The van der Waals surface area contributed by atoms with E-state index in [9.17, 15) is 0 Å². The fourth-order valence-corrected chi connectivity index (χ4v) is 2.60. The van der Waals surface area contributed by atoms with Gasteiger partial charge in [-0.15, -0.1) is 5.10 Å². The van der Waals surface area contributed by atoms with Gasteiger partial charge in [-0.1, -0.05) is 12.1 Å². The van der Waals surface area contributed by atoms with Crippen molar-refractivity contribution in [3.63, 3.8) is 0 Å². The van der Waals surface area contributed by atoms with E-state index < -0.39 is 0 Å². The molecule has 4 rings (SSSR count). The Morgan fingerprint density at radius 3 is 2.83 bits per heavy atom. The Balaban J connectivity index is 1.88. The molecule has 0 saturated heterocycles. The highest BCUT2D eigenvalue weighted by Gasteiger charge is 2.12. The number of methoxy groups -OCH3 is 1. The van der Waals surface area contributed by atoms with E-state index in [0.29, 0.717) is 17.2 Å². The maximum absolute atomic E-state index is 5.83. The van der Waals surface area contributed by atoms with Crippen molar-refractivity contribution in [1.29, 1.82) is 0 Å². The summed E-state index contributed by atoms with van der Waals surface area (Å²) in [6.45, 7) is 0. The minimum absolute atomic E-state index is 0.539. The van der Waals surface area contributed by atoms with Gasteiger partial charge < -0.3 is 10.5 Å². The van der Waals surface area contributed by atoms with Crippen molar-refractivity contribution in [1.82, 2.24) is 19.6 Å². The quantitative estimate of drug-likeness (QED) is 0.628. The summed E-state index contributed by atoms with van der Waals surface area (Å²) in [6, 6.07) is 15.3. The fourth-order valence-electron chi connectivity index (χ4n) is 2.60. The zero-order chi connectivity index (χ0) is 16.5. The van der Waals surface area contributed by atoms with Gasteiger partial charge >= 0.3 is 0 Å². The summed E-state index contributed by atoms with van der Waals surface area (Å²) in [4.78, 5) is 8.95. The molecule has 3 aromatic heterocycles. The zero-order valence-electron chi connectivity index (χ0n) is 13.0. The second-order valence-corrected chi connectivity index (χ2v) is 5.33. The van der Waals surface area contributed by atoms with Gasteiger partial charge in [-0.05, 0) is 42.0 Å². The Labute approximate surface area is 138 Å². The van der Waals surface area contributed by atoms with Crippen LogP contribution in [0, 0.1) is 0 Å². The van der Waals surface area contributed by atoms with Crippen LogP contribution < -0.4 is 10.5 Å². The van der Waals surface area contributed by atoms with Crippen LogP contribution in [-0.2, 0) is 0 Å². The molecule has 0 fully saturated rings. The second-order valence-electron chi connectivity index (χ2n) is 5.33. The van der Waals surface area contributed by atoms with Crippen LogP contribution in [-0.4, -0.2) is 26.7 Å². The van der Waals surface area contributed by atoms with Crippen LogP contribution in [0.25, 0.3) is 28.3 Å². The van der Waals surface area contributed by atoms with Crippen LogP contribution in [0.5, 0.6) is 5.75 Å². The third-order valence-corrected chi connectivity index (χ3v) is 3.76. The highest BCUT2D eigenvalue weighted by molar-refractivity contribution is 5.79. The van der Waals surface area contributed by atoms with E-state index in [2.05, 4.69) is 15.1 Å². The van der Waals surface area contributed by atoms with Crippen LogP contribution in [0.15, 0.2) is 60.9 Å². The molecule has 0 spiro atoms. The van der Waals surface area contributed by atoms with E-state index in [1.165, 1.54) is 0 Å². The molecule has 0 atom stereocenters. The number of aromatic nitrogens is 4. The summed E-state index contributed by atoms with van der Waals surface area (Å²) in [5, 5.41) is 4.51. The van der Waals surface area contributed by atoms with Crippen molar-refractivity contribution >= 4 is 11.3 Å². The highest BCUT2D eigenvalue weighted by Crippen LogP contribution is 2.28. The first-order chi connectivity index (χ1) is 11.7. The highest BCUT2D eigenvalue weighted by atomic mass is 16.5. The Hall–Kier alpha value is -3.41. The number of rotatable bonds is 3. The van der Waals surface area contributed by atoms with Gasteiger partial charge in [0.05, 0.1) is 7.11 Å². The van der Waals surface area contributed by atoms with Gasteiger partial charge in [-0.2, -0.15) is 0 Å². The molecule has 24 heavy (non-hydrogen) atoms. The van der Waals surface area contributed by atoms with Crippen LogP contribution in [0.4, 0.5) is 5.69 Å². The van der Waals surface area contributed by atoms with Crippen molar-refractivity contribution in [3.05, 3.63) is 60.9 Å². The van der Waals surface area contributed by atoms with E-state index in [-0.39, 0.29) is 0 Å². The molecule has 4 aromatic rings. The third-order valence-electron chi connectivity index (χ3n) is 3.76. The number of nitrogens with two attached hydrogens (primary N) is 1. The number of nitrogens with zero attached hydrogens (tertiary/aromatic N) is 4. The van der Waals surface area contributed by atoms with Gasteiger partial charge in [0.2, 0.25) is 5.82 Å². The standard InChI is InChI=1S/C18H15N5O/c1-24-14-5-2-4-12(10-14)15-6-3-9-23-18(15)21-17(22-23)16-11-13(19)7-8-20-16/h2-11H,1H3,(H2,19,20). The molecule has 0 aliphatic heterocycles. The summed E-state index contributed by atoms with van der Waals surface area (Å²) in [5.41, 5.74) is 9.85. The third kappa shape index (κ3) is 2.44. The number of fused-ring (bicyclic) bond motifs is 1. The minimum Gasteiger partial charge on any atom is -0.497 e. The molecule has 0 bridgehead atoms. The normalized spacial score (nSPS) is 10.9. The molecule has 3 heterocycles. The van der Waals surface area contributed by atoms with Crippen molar-refractivity contribution < 1.29 is 4.74 Å². The molecule has 118 valence electrons. The van der Waals surface area contributed by atoms with Crippen LogP contribution in [0.3, 0.4) is 0 Å². The van der Waals surface area contributed by atoms with Gasteiger partial charge in [0, 0.05) is 23.6 Å². The average molecular weight is 317 g/mol. The topological polar surface area (TPSA) is 78.3 Å². The largest absolute Gasteiger partial charge is 0.497 e. The predicted octanol–water partition coefficient (Wildman–Crippen LogP) is 3.05. The number of nitrogen functional groups attached to an aromatic ring is 1. The lowest BCUT2D eigenvalue weighted by atomic mass is 10.1. The van der Waals surface area contributed by atoms with Gasteiger partial charge in [0.1, 0.15) is 11.4 Å². The number of benzene rings is 1. The Morgan fingerprint density at radius 2 is 2.00 bits per heavy atom. The lowest BCUT2D eigenvalue weighted by molar-refractivity contribution is 0.415. The number of ether oxygens (including phenoxy) is 1. The van der Waals surface area contributed by atoms with E-state index in [0.717, 1.165) is 22.5 Å². The molecule has 0 aliphatic carbocycles. The summed E-state index contributed by atoms with van der Waals surface area (Å²) in [6.07, 6.45) is 3.52.